The number of hydrogen-bond acceptors (Lipinski definition) is 5. The van der Waals surface area contributed by atoms with Crippen LogP contribution in [0.5, 0.6) is 0 Å². The molecule has 1 aromatic carbocycles. The Hall–Kier alpha value is -2.97. The van der Waals surface area contributed by atoms with Crippen molar-refractivity contribution in [1.82, 2.24) is 14.8 Å². The number of rotatable bonds is 5. The highest BCUT2D eigenvalue weighted by Crippen LogP contribution is 2.37. The average Bonchev–Trinajstić information content (AvgIpc) is 3.75. The van der Waals surface area contributed by atoms with Crippen molar-refractivity contribution in [2.45, 2.75) is 31.3 Å². The van der Waals surface area contributed by atoms with Crippen molar-refractivity contribution in [3.8, 4) is 11.1 Å². The first-order valence-corrected chi connectivity index (χ1v) is 11.6. The number of benzene rings is 1. The van der Waals surface area contributed by atoms with E-state index < -0.39 is 5.60 Å². The van der Waals surface area contributed by atoms with Gasteiger partial charge in [-0.05, 0) is 49.4 Å². The maximum Gasteiger partial charge on any atom is 0.255 e. The summed E-state index contributed by atoms with van der Waals surface area (Å²) in [7, 11) is 0. The number of nitrogens with zero attached hydrogens (tertiary/aromatic N) is 3. The van der Waals surface area contributed by atoms with Gasteiger partial charge < -0.3 is 20.2 Å². The molecule has 172 valence electrons. The largest absolute Gasteiger partial charge is 0.380 e. The van der Waals surface area contributed by atoms with Gasteiger partial charge in [0, 0.05) is 43.9 Å². The van der Waals surface area contributed by atoms with E-state index in [0.717, 1.165) is 24.0 Å². The van der Waals surface area contributed by atoms with Gasteiger partial charge in [-0.25, -0.2) is 0 Å². The van der Waals surface area contributed by atoms with Crippen molar-refractivity contribution in [2.24, 2.45) is 5.92 Å². The monoisotopic (exact) mass is 468 g/mol. The van der Waals surface area contributed by atoms with Crippen LogP contribution in [0.3, 0.4) is 0 Å². The van der Waals surface area contributed by atoms with E-state index in [2.05, 4.69) is 10.3 Å². The molecule has 2 N–H and O–H groups in total. The van der Waals surface area contributed by atoms with Crippen LogP contribution in [0.2, 0.25) is 5.02 Å². The third kappa shape index (κ3) is 4.58. The van der Waals surface area contributed by atoms with Crippen LogP contribution in [-0.4, -0.2) is 69.4 Å². The van der Waals surface area contributed by atoms with Gasteiger partial charge in [0.2, 0.25) is 5.91 Å². The molecular weight excluding hydrogens is 444 g/mol. The van der Waals surface area contributed by atoms with Crippen LogP contribution in [0.25, 0.3) is 11.1 Å². The summed E-state index contributed by atoms with van der Waals surface area (Å²) in [4.78, 5) is 44.9. The van der Waals surface area contributed by atoms with E-state index in [1.807, 2.05) is 12.1 Å². The molecule has 9 heteroatoms. The Kier molecular flexibility index (Phi) is 5.58. The molecule has 2 aliphatic carbocycles. The molecule has 0 bridgehead atoms. The molecular formula is C24H25ClN4O4. The zero-order valence-electron chi connectivity index (χ0n) is 18.1. The summed E-state index contributed by atoms with van der Waals surface area (Å²) in [6, 6.07) is 7.07. The highest BCUT2D eigenvalue weighted by molar-refractivity contribution is 6.34. The van der Waals surface area contributed by atoms with Crippen LogP contribution in [0.4, 0.5) is 5.69 Å². The van der Waals surface area contributed by atoms with Crippen LogP contribution in [0.15, 0.2) is 36.7 Å². The van der Waals surface area contributed by atoms with Gasteiger partial charge in [-0.2, -0.15) is 0 Å². The molecule has 0 unspecified atom stereocenters. The smallest absolute Gasteiger partial charge is 0.255 e. The lowest BCUT2D eigenvalue weighted by atomic mass is 10.0. The summed E-state index contributed by atoms with van der Waals surface area (Å²) in [5.74, 6) is -0.304. The van der Waals surface area contributed by atoms with Crippen molar-refractivity contribution in [1.29, 1.82) is 0 Å². The minimum atomic E-state index is -1.18. The molecule has 2 heterocycles. The van der Waals surface area contributed by atoms with E-state index in [4.69, 9.17) is 11.6 Å². The predicted octanol–water partition coefficient (Wildman–Crippen LogP) is 2.56. The lowest BCUT2D eigenvalue weighted by Gasteiger charge is -2.36. The zero-order chi connectivity index (χ0) is 23.2. The first-order chi connectivity index (χ1) is 15.8. The van der Waals surface area contributed by atoms with Crippen molar-refractivity contribution >= 4 is 35.0 Å². The standard InChI is InChI=1S/C24H25ClN4O4/c25-20-12-16(17-11-18(14-26-13-17)27-21(30)15-1-2-15)3-4-19(20)22(31)28-7-9-29(10-8-28)23(32)24(33)5-6-24/h3-4,11-15,33H,1-2,5-10H2,(H,27,30). The summed E-state index contributed by atoms with van der Waals surface area (Å²) in [5, 5.41) is 13.2. The number of amides is 3. The lowest BCUT2D eigenvalue weighted by Crippen LogP contribution is -2.53. The molecule has 0 spiro atoms. The maximum atomic E-state index is 13.0. The summed E-state index contributed by atoms with van der Waals surface area (Å²) in [5.41, 5.74) is 1.42. The highest BCUT2D eigenvalue weighted by atomic mass is 35.5. The minimum absolute atomic E-state index is 0.0148. The van der Waals surface area contributed by atoms with Crippen molar-refractivity contribution < 1.29 is 19.5 Å². The molecule has 8 nitrogen and oxygen atoms in total. The quantitative estimate of drug-likeness (QED) is 0.702. The highest BCUT2D eigenvalue weighted by Gasteiger charge is 2.50. The van der Waals surface area contributed by atoms with Gasteiger partial charge in [0.05, 0.1) is 22.5 Å². The van der Waals surface area contributed by atoms with Gasteiger partial charge in [0.25, 0.3) is 11.8 Å². The Morgan fingerprint density at radius 1 is 1.00 bits per heavy atom. The van der Waals surface area contributed by atoms with E-state index in [-0.39, 0.29) is 23.6 Å². The number of anilines is 1. The number of carbonyl (C=O) groups excluding carboxylic acids is 3. The van der Waals surface area contributed by atoms with Crippen LogP contribution >= 0.6 is 11.6 Å². The van der Waals surface area contributed by atoms with E-state index in [1.165, 1.54) is 0 Å². The third-order valence-corrected chi connectivity index (χ3v) is 6.78. The number of nitrogens with one attached hydrogen (secondary N) is 1. The number of halogens is 1. The van der Waals surface area contributed by atoms with Crippen molar-refractivity contribution in [2.75, 3.05) is 31.5 Å². The van der Waals surface area contributed by atoms with Gasteiger partial charge in [-0.1, -0.05) is 17.7 Å². The molecule has 2 aromatic rings. The van der Waals surface area contributed by atoms with Gasteiger partial charge in [-0.15, -0.1) is 0 Å². The van der Waals surface area contributed by atoms with Gasteiger partial charge in [0.1, 0.15) is 5.60 Å². The Morgan fingerprint density at radius 2 is 1.70 bits per heavy atom. The Balaban J connectivity index is 1.25. The lowest BCUT2D eigenvalue weighted by molar-refractivity contribution is -0.143. The van der Waals surface area contributed by atoms with Crippen LogP contribution in [0.1, 0.15) is 36.0 Å². The molecule has 5 rings (SSSR count). The maximum absolute atomic E-state index is 13.0. The summed E-state index contributed by atoms with van der Waals surface area (Å²) >= 11 is 6.48. The second kappa shape index (κ2) is 8.43. The van der Waals surface area contributed by atoms with Gasteiger partial charge in [-0.3, -0.25) is 19.4 Å². The molecule has 33 heavy (non-hydrogen) atoms. The number of aromatic nitrogens is 1. The van der Waals surface area contributed by atoms with E-state index in [1.54, 1.807) is 34.3 Å². The third-order valence-electron chi connectivity index (χ3n) is 6.46. The Bertz CT molecular complexity index is 1120. The summed E-state index contributed by atoms with van der Waals surface area (Å²) < 4.78 is 0. The number of hydrogen-bond donors (Lipinski definition) is 2. The molecule has 2 saturated carbocycles. The molecule has 3 aliphatic rings. The fourth-order valence-corrected chi connectivity index (χ4v) is 4.30. The molecule has 0 atom stereocenters. The van der Waals surface area contributed by atoms with E-state index >= 15 is 0 Å². The normalized spacial score (nSPS) is 19.2. The molecule has 1 saturated heterocycles. The zero-order valence-corrected chi connectivity index (χ0v) is 18.8. The minimum Gasteiger partial charge on any atom is -0.380 e. The van der Waals surface area contributed by atoms with Crippen LogP contribution in [0, 0.1) is 5.92 Å². The van der Waals surface area contributed by atoms with Crippen molar-refractivity contribution in [3.63, 3.8) is 0 Å². The average molecular weight is 469 g/mol. The SMILES string of the molecule is O=C(Nc1cncc(-c2ccc(C(=O)N3CCN(C(=O)C4(O)CC4)CC3)c(Cl)c2)c1)C1CC1. The molecule has 3 fully saturated rings. The van der Waals surface area contributed by atoms with Gasteiger partial charge >= 0.3 is 0 Å². The second-order valence-corrected chi connectivity index (χ2v) is 9.44. The number of aliphatic hydroxyl groups is 1. The second-order valence-electron chi connectivity index (χ2n) is 9.04. The number of piperazine rings is 1. The molecule has 1 aliphatic heterocycles. The molecule has 1 aromatic heterocycles. The topological polar surface area (TPSA) is 103 Å². The number of pyridine rings is 1. The van der Waals surface area contributed by atoms with Gasteiger partial charge in [0.15, 0.2) is 0 Å². The molecule has 3 amide bonds. The fraction of sp³-hybridized carbons (Fsp3) is 0.417. The fourth-order valence-electron chi connectivity index (χ4n) is 4.03. The Labute approximate surface area is 196 Å². The first kappa shape index (κ1) is 21.9. The number of carbonyl (C=O) groups is 3. The molecule has 0 radical (unpaired) electrons. The predicted molar refractivity (Wildman–Crippen MR) is 123 cm³/mol. The van der Waals surface area contributed by atoms with E-state index in [9.17, 15) is 19.5 Å². The summed E-state index contributed by atoms with van der Waals surface area (Å²) in [6.07, 6.45) is 6.17. The first-order valence-electron chi connectivity index (χ1n) is 11.2. The van der Waals surface area contributed by atoms with Crippen molar-refractivity contribution in [3.05, 3.63) is 47.2 Å². The van der Waals surface area contributed by atoms with Crippen LogP contribution < -0.4 is 5.32 Å². The summed E-state index contributed by atoms with van der Waals surface area (Å²) in [6.45, 7) is 1.58. The van der Waals surface area contributed by atoms with E-state index in [0.29, 0.717) is 55.3 Å². The van der Waals surface area contributed by atoms with Crippen LogP contribution in [-0.2, 0) is 9.59 Å². The Morgan fingerprint density at radius 3 is 2.33 bits per heavy atom.